The first-order chi connectivity index (χ1) is 10.6. The summed E-state index contributed by atoms with van der Waals surface area (Å²) >= 11 is 0. The van der Waals surface area contributed by atoms with Crippen LogP contribution in [0.2, 0.25) is 0 Å². The number of likely N-dealkylation sites (tertiary alicyclic amines) is 1. The molecule has 6 nitrogen and oxygen atoms in total. The highest BCUT2D eigenvalue weighted by molar-refractivity contribution is 5.79. The molecule has 0 spiro atoms. The van der Waals surface area contributed by atoms with E-state index in [1.165, 1.54) is 6.42 Å². The Morgan fingerprint density at radius 3 is 2.64 bits per heavy atom. The topological polar surface area (TPSA) is 58.6 Å². The van der Waals surface area contributed by atoms with Gasteiger partial charge < -0.3 is 14.5 Å². The van der Waals surface area contributed by atoms with Crippen molar-refractivity contribution >= 4 is 11.7 Å². The van der Waals surface area contributed by atoms with Gasteiger partial charge >= 0.3 is 0 Å². The van der Waals surface area contributed by atoms with Gasteiger partial charge in [-0.1, -0.05) is 6.42 Å². The third-order valence-corrected chi connectivity index (χ3v) is 4.52. The molecule has 1 aromatic heterocycles. The fraction of sp³-hybridized carbons (Fsp3) is 0.688. The lowest BCUT2D eigenvalue weighted by molar-refractivity contribution is -0.140. The molecule has 120 valence electrons. The average molecular weight is 304 g/mol. The van der Waals surface area contributed by atoms with E-state index in [2.05, 4.69) is 10.2 Å². The number of nitrogens with zero attached hydrogens (tertiary/aromatic N) is 4. The van der Waals surface area contributed by atoms with Crippen molar-refractivity contribution in [2.45, 2.75) is 38.2 Å². The maximum Gasteiger partial charge on any atom is 0.233 e. The van der Waals surface area contributed by atoms with Gasteiger partial charge in [-0.25, -0.2) is 0 Å². The zero-order valence-electron chi connectivity index (χ0n) is 13.4. The molecule has 6 heteroatoms. The third kappa shape index (κ3) is 3.31. The first-order valence-electron chi connectivity index (χ1n) is 8.10. The summed E-state index contributed by atoms with van der Waals surface area (Å²) in [5, 5.41) is 8.23. The quantitative estimate of drug-likeness (QED) is 0.847. The summed E-state index contributed by atoms with van der Waals surface area (Å²) in [6.45, 7) is 1.53. The zero-order chi connectivity index (χ0) is 15.5. The van der Waals surface area contributed by atoms with E-state index < -0.39 is 0 Å². The minimum absolute atomic E-state index is 0.0253. The molecule has 1 aliphatic carbocycles. The predicted octanol–water partition coefficient (Wildman–Crippen LogP) is 1.71. The normalized spacial score (nSPS) is 22.1. The van der Waals surface area contributed by atoms with Gasteiger partial charge in [-0.15, -0.1) is 10.2 Å². The van der Waals surface area contributed by atoms with Gasteiger partial charge in [0.15, 0.2) is 5.82 Å². The summed E-state index contributed by atoms with van der Waals surface area (Å²) < 4.78 is 5.92. The number of rotatable bonds is 4. The van der Waals surface area contributed by atoms with Gasteiger partial charge in [-0.05, 0) is 31.7 Å². The van der Waals surface area contributed by atoms with E-state index in [1.54, 1.807) is 0 Å². The lowest BCUT2D eigenvalue weighted by atomic mass is 9.84. The minimum atomic E-state index is 0.0253. The fourth-order valence-electron chi connectivity index (χ4n) is 2.93. The molecule has 1 aromatic rings. The molecule has 0 radical (unpaired) electrons. The number of amides is 1. The Hall–Kier alpha value is -1.85. The van der Waals surface area contributed by atoms with Crippen LogP contribution in [0.3, 0.4) is 0 Å². The smallest absolute Gasteiger partial charge is 0.233 e. The Bertz CT molecular complexity index is 513. The molecule has 1 amide bonds. The van der Waals surface area contributed by atoms with Gasteiger partial charge in [0.1, 0.15) is 6.10 Å². The molecule has 1 unspecified atom stereocenters. The van der Waals surface area contributed by atoms with Crippen LogP contribution in [0.15, 0.2) is 12.1 Å². The van der Waals surface area contributed by atoms with Crippen LogP contribution in [-0.2, 0) is 4.79 Å². The summed E-state index contributed by atoms with van der Waals surface area (Å²) in [5.74, 6) is 1.91. The van der Waals surface area contributed by atoms with E-state index in [0.717, 1.165) is 38.0 Å². The highest BCUT2D eigenvalue weighted by Crippen LogP contribution is 2.29. The Labute approximate surface area is 131 Å². The number of ether oxygens (including phenoxy) is 1. The van der Waals surface area contributed by atoms with E-state index in [-0.39, 0.29) is 12.0 Å². The highest BCUT2D eigenvalue weighted by Gasteiger charge is 2.32. The standard InChI is InChI=1S/C16H24N4O2/c1-19(2)14-8-9-15(18-17-14)22-13-7-4-10-20(11-13)16(21)12-5-3-6-12/h8-9,12-13H,3-7,10-11H2,1-2H3. The van der Waals surface area contributed by atoms with E-state index in [4.69, 9.17) is 4.74 Å². The van der Waals surface area contributed by atoms with Crippen LogP contribution in [-0.4, -0.2) is 54.3 Å². The third-order valence-electron chi connectivity index (χ3n) is 4.52. The van der Waals surface area contributed by atoms with Crippen molar-refractivity contribution in [2.75, 3.05) is 32.1 Å². The first kappa shape index (κ1) is 15.1. The molecule has 1 aliphatic heterocycles. The van der Waals surface area contributed by atoms with Crippen LogP contribution >= 0.6 is 0 Å². The number of anilines is 1. The summed E-state index contributed by atoms with van der Waals surface area (Å²) in [6, 6.07) is 3.73. The second kappa shape index (κ2) is 6.50. The van der Waals surface area contributed by atoms with Crippen LogP contribution in [0.25, 0.3) is 0 Å². The van der Waals surface area contributed by atoms with Crippen molar-refractivity contribution in [3.63, 3.8) is 0 Å². The summed E-state index contributed by atoms with van der Waals surface area (Å²) in [6.07, 6.45) is 5.28. The molecular weight excluding hydrogens is 280 g/mol. The van der Waals surface area contributed by atoms with E-state index in [0.29, 0.717) is 18.3 Å². The Morgan fingerprint density at radius 2 is 2.05 bits per heavy atom. The minimum Gasteiger partial charge on any atom is -0.471 e. The van der Waals surface area contributed by atoms with Crippen LogP contribution in [0.4, 0.5) is 5.82 Å². The second-order valence-corrected chi connectivity index (χ2v) is 6.42. The Morgan fingerprint density at radius 1 is 1.23 bits per heavy atom. The van der Waals surface area contributed by atoms with E-state index in [1.807, 2.05) is 36.0 Å². The number of hydrogen-bond donors (Lipinski definition) is 0. The van der Waals surface area contributed by atoms with Crippen LogP contribution in [0, 0.1) is 5.92 Å². The lowest BCUT2D eigenvalue weighted by Crippen LogP contribution is -2.47. The maximum absolute atomic E-state index is 12.3. The largest absolute Gasteiger partial charge is 0.471 e. The molecule has 2 aliphatic rings. The first-order valence-corrected chi connectivity index (χ1v) is 8.10. The van der Waals surface area contributed by atoms with Gasteiger partial charge in [0, 0.05) is 32.6 Å². The summed E-state index contributed by atoms with van der Waals surface area (Å²) in [4.78, 5) is 16.2. The zero-order valence-corrected chi connectivity index (χ0v) is 13.4. The van der Waals surface area contributed by atoms with Crippen molar-refractivity contribution in [1.82, 2.24) is 15.1 Å². The number of carbonyl (C=O) groups is 1. The highest BCUT2D eigenvalue weighted by atomic mass is 16.5. The number of carbonyl (C=O) groups excluding carboxylic acids is 1. The molecule has 0 aromatic carbocycles. The van der Waals surface area contributed by atoms with Crippen LogP contribution in [0.5, 0.6) is 5.88 Å². The van der Waals surface area contributed by atoms with Crippen molar-refractivity contribution in [2.24, 2.45) is 5.92 Å². The number of aromatic nitrogens is 2. The molecule has 3 rings (SSSR count). The average Bonchev–Trinajstić information content (AvgIpc) is 2.46. The Kier molecular flexibility index (Phi) is 4.45. The molecule has 0 bridgehead atoms. The number of piperidine rings is 1. The summed E-state index contributed by atoms with van der Waals surface area (Å²) in [7, 11) is 3.85. The SMILES string of the molecule is CN(C)c1ccc(OC2CCCN(C(=O)C3CCC3)C2)nn1. The van der Waals surface area contributed by atoms with Crippen LogP contribution < -0.4 is 9.64 Å². The molecule has 1 saturated heterocycles. The molecule has 2 heterocycles. The Balaban J connectivity index is 1.56. The van der Waals surface area contributed by atoms with Gasteiger partial charge in [0.2, 0.25) is 11.8 Å². The van der Waals surface area contributed by atoms with Gasteiger partial charge in [0.05, 0.1) is 6.54 Å². The molecule has 2 fully saturated rings. The fourth-order valence-corrected chi connectivity index (χ4v) is 2.93. The lowest BCUT2D eigenvalue weighted by Gasteiger charge is -2.36. The molecular formula is C16H24N4O2. The molecule has 22 heavy (non-hydrogen) atoms. The van der Waals surface area contributed by atoms with Crippen molar-refractivity contribution in [3.05, 3.63) is 12.1 Å². The van der Waals surface area contributed by atoms with Crippen molar-refractivity contribution < 1.29 is 9.53 Å². The number of hydrogen-bond acceptors (Lipinski definition) is 5. The van der Waals surface area contributed by atoms with Crippen LogP contribution in [0.1, 0.15) is 32.1 Å². The second-order valence-electron chi connectivity index (χ2n) is 6.42. The van der Waals surface area contributed by atoms with Crippen molar-refractivity contribution in [3.8, 4) is 5.88 Å². The predicted molar refractivity (Wildman–Crippen MR) is 83.9 cm³/mol. The van der Waals surface area contributed by atoms with Gasteiger partial charge in [-0.3, -0.25) is 4.79 Å². The maximum atomic E-state index is 12.3. The molecule has 0 N–H and O–H groups in total. The van der Waals surface area contributed by atoms with E-state index >= 15 is 0 Å². The molecule has 1 saturated carbocycles. The van der Waals surface area contributed by atoms with Crippen molar-refractivity contribution in [1.29, 1.82) is 0 Å². The monoisotopic (exact) mass is 304 g/mol. The van der Waals surface area contributed by atoms with E-state index in [9.17, 15) is 4.79 Å². The van der Waals surface area contributed by atoms with Gasteiger partial charge in [0.25, 0.3) is 0 Å². The van der Waals surface area contributed by atoms with Gasteiger partial charge in [-0.2, -0.15) is 0 Å². The molecule has 1 atom stereocenters. The summed E-state index contributed by atoms with van der Waals surface area (Å²) in [5.41, 5.74) is 0.